The summed E-state index contributed by atoms with van der Waals surface area (Å²) in [4.78, 5) is 11.7. The summed E-state index contributed by atoms with van der Waals surface area (Å²) >= 11 is 0. The fraction of sp³-hybridized carbons (Fsp3) is 0.529. The summed E-state index contributed by atoms with van der Waals surface area (Å²) in [7, 11) is -2.27. The fourth-order valence-corrected chi connectivity index (χ4v) is 4.70. The van der Waals surface area contributed by atoms with Gasteiger partial charge in [0.1, 0.15) is 0 Å². The van der Waals surface area contributed by atoms with E-state index in [1.807, 2.05) is 12.3 Å². The molecule has 0 amide bonds. The van der Waals surface area contributed by atoms with Gasteiger partial charge in [0.25, 0.3) is 0 Å². The van der Waals surface area contributed by atoms with Gasteiger partial charge in [0.15, 0.2) is 0 Å². The van der Waals surface area contributed by atoms with Crippen LogP contribution < -0.4 is 10.4 Å². The molecule has 0 saturated carbocycles. The summed E-state index contributed by atoms with van der Waals surface area (Å²) in [5.74, 6) is 1.03. The van der Waals surface area contributed by atoms with Gasteiger partial charge in [0.05, 0.1) is 0 Å². The van der Waals surface area contributed by atoms with Crippen LogP contribution in [0.1, 0.15) is 26.7 Å². The SMILES string of the molecule is CC1(C)OB(c2ccnc3ccc(N4CCCC4)nc23)O[PH]1(C)C. The Morgan fingerprint density at radius 1 is 1.17 bits per heavy atom. The number of aromatic nitrogens is 2. The number of anilines is 1. The van der Waals surface area contributed by atoms with Crippen LogP contribution in [0.4, 0.5) is 5.82 Å². The van der Waals surface area contributed by atoms with Gasteiger partial charge in [0.2, 0.25) is 0 Å². The maximum absolute atomic E-state index is 6.36. The van der Waals surface area contributed by atoms with E-state index in [0.717, 1.165) is 35.4 Å². The standard InChI is InChI=1S/C17H25BN3O2P/c1-17(2)22-18(23-24(17,3)4)13-9-10-19-14-7-8-15(20-16(13)14)21-11-5-6-12-21/h7-10,24H,5-6,11-12H2,1-4H3. The Bertz CT molecular complexity index is 762. The number of rotatable bonds is 2. The molecule has 2 aliphatic heterocycles. The summed E-state index contributed by atoms with van der Waals surface area (Å²) in [5.41, 5.74) is 2.79. The van der Waals surface area contributed by atoms with E-state index in [1.54, 1.807) is 0 Å². The molecule has 0 atom stereocenters. The van der Waals surface area contributed by atoms with Gasteiger partial charge in [0, 0.05) is 0 Å². The summed E-state index contributed by atoms with van der Waals surface area (Å²) < 4.78 is 12.6. The Kier molecular flexibility index (Phi) is 3.83. The molecule has 4 heterocycles. The molecular weight excluding hydrogens is 320 g/mol. The molecule has 0 unspecified atom stereocenters. The molecule has 0 N–H and O–H groups in total. The molecule has 7 heteroatoms. The van der Waals surface area contributed by atoms with Crippen molar-refractivity contribution in [3.63, 3.8) is 0 Å². The molecule has 128 valence electrons. The molecule has 2 aromatic heterocycles. The Balaban J connectivity index is 1.77. The third-order valence-corrected chi connectivity index (χ3v) is 9.36. The van der Waals surface area contributed by atoms with E-state index in [-0.39, 0.29) is 12.5 Å². The average molecular weight is 345 g/mol. The van der Waals surface area contributed by atoms with Gasteiger partial charge in [-0.2, -0.15) is 0 Å². The van der Waals surface area contributed by atoms with E-state index >= 15 is 0 Å². The van der Waals surface area contributed by atoms with Crippen molar-refractivity contribution in [3.8, 4) is 0 Å². The third kappa shape index (κ3) is 2.61. The summed E-state index contributed by atoms with van der Waals surface area (Å²) in [6, 6.07) is 6.12. The number of hydrogen-bond acceptors (Lipinski definition) is 5. The molecule has 0 bridgehead atoms. The van der Waals surface area contributed by atoms with Gasteiger partial charge in [-0.05, 0) is 0 Å². The summed E-state index contributed by atoms with van der Waals surface area (Å²) in [6.45, 7) is 10.8. The van der Waals surface area contributed by atoms with Crippen LogP contribution in [0, 0.1) is 0 Å². The van der Waals surface area contributed by atoms with Crippen molar-refractivity contribution >= 4 is 36.9 Å². The van der Waals surface area contributed by atoms with E-state index in [2.05, 4.69) is 49.2 Å². The zero-order valence-electron chi connectivity index (χ0n) is 14.9. The third-order valence-electron chi connectivity index (χ3n) is 5.54. The van der Waals surface area contributed by atoms with Crippen molar-refractivity contribution in [1.82, 2.24) is 9.97 Å². The molecule has 2 aliphatic rings. The van der Waals surface area contributed by atoms with E-state index in [1.165, 1.54) is 12.8 Å². The topological polar surface area (TPSA) is 47.5 Å². The summed E-state index contributed by atoms with van der Waals surface area (Å²) in [6.07, 6.45) is 4.30. The minimum atomic E-state index is -1.92. The molecular formula is C17H25BN3O2P. The first-order valence-corrected chi connectivity index (χ1v) is 11.6. The Labute approximate surface area is 144 Å². The van der Waals surface area contributed by atoms with Gasteiger partial charge in [-0.15, -0.1) is 0 Å². The second-order valence-corrected chi connectivity index (χ2v) is 12.2. The van der Waals surface area contributed by atoms with Crippen molar-refractivity contribution in [3.05, 3.63) is 24.4 Å². The van der Waals surface area contributed by atoms with Gasteiger partial charge < -0.3 is 0 Å². The maximum atomic E-state index is 6.36. The average Bonchev–Trinajstić information content (AvgIpc) is 3.13. The zero-order chi connectivity index (χ0) is 16.9. The molecule has 0 aromatic carbocycles. The van der Waals surface area contributed by atoms with Crippen LogP contribution in [-0.2, 0) is 9.10 Å². The predicted molar refractivity (Wildman–Crippen MR) is 103 cm³/mol. The number of pyridine rings is 2. The summed E-state index contributed by atoms with van der Waals surface area (Å²) in [5, 5.41) is -0.222. The van der Waals surface area contributed by atoms with Gasteiger partial charge in [-0.25, -0.2) is 0 Å². The Morgan fingerprint density at radius 3 is 2.58 bits per heavy atom. The van der Waals surface area contributed by atoms with Gasteiger partial charge in [-0.3, -0.25) is 0 Å². The van der Waals surface area contributed by atoms with E-state index in [0.29, 0.717) is 0 Å². The first-order chi connectivity index (χ1) is 11.4. The molecule has 0 aliphatic carbocycles. The van der Waals surface area contributed by atoms with Crippen molar-refractivity contribution in [1.29, 1.82) is 0 Å². The van der Waals surface area contributed by atoms with Crippen LogP contribution in [-0.4, -0.2) is 48.8 Å². The molecule has 2 fully saturated rings. The van der Waals surface area contributed by atoms with E-state index in [4.69, 9.17) is 14.1 Å². The Morgan fingerprint density at radius 2 is 1.92 bits per heavy atom. The molecule has 0 radical (unpaired) electrons. The predicted octanol–water partition coefficient (Wildman–Crippen LogP) is 2.63. The van der Waals surface area contributed by atoms with Crippen molar-refractivity contribution in [2.75, 3.05) is 31.3 Å². The molecule has 5 nitrogen and oxygen atoms in total. The monoisotopic (exact) mass is 345 g/mol. The quantitative estimate of drug-likeness (QED) is 0.619. The van der Waals surface area contributed by atoms with Crippen molar-refractivity contribution in [2.24, 2.45) is 0 Å². The van der Waals surface area contributed by atoms with Crippen LogP contribution in [0.3, 0.4) is 0 Å². The Hall–Kier alpha value is -1.23. The molecule has 24 heavy (non-hydrogen) atoms. The molecule has 2 saturated heterocycles. The fourth-order valence-electron chi connectivity index (χ4n) is 3.32. The van der Waals surface area contributed by atoms with Crippen LogP contribution in [0.5, 0.6) is 0 Å². The second-order valence-electron chi connectivity index (χ2n) is 7.72. The van der Waals surface area contributed by atoms with Crippen LogP contribution in [0.2, 0.25) is 0 Å². The number of fused-ring (bicyclic) bond motifs is 1. The molecule has 0 spiro atoms. The zero-order valence-corrected chi connectivity index (χ0v) is 15.9. The number of nitrogens with zero attached hydrogens (tertiary/aromatic N) is 3. The van der Waals surface area contributed by atoms with E-state index < -0.39 is 7.49 Å². The molecule has 4 rings (SSSR count). The van der Waals surface area contributed by atoms with Crippen LogP contribution in [0.15, 0.2) is 24.4 Å². The second kappa shape index (κ2) is 5.65. The number of hydrogen-bond donors (Lipinski definition) is 0. The normalized spacial score (nSPS) is 23.8. The first-order valence-electron chi connectivity index (χ1n) is 8.74. The van der Waals surface area contributed by atoms with Crippen LogP contribution >= 0.6 is 7.49 Å². The van der Waals surface area contributed by atoms with Gasteiger partial charge >= 0.3 is 144 Å². The first kappa shape index (κ1) is 16.3. The minimum absolute atomic E-state index is 0.222. The van der Waals surface area contributed by atoms with Gasteiger partial charge in [-0.1, -0.05) is 0 Å². The van der Waals surface area contributed by atoms with E-state index in [9.17, 15) is 0 Å². The van der Waals surface area contributed by atoms with Crippen molar-refractivity contribution < 1.29 is 9.10 Å². The van der Waals surface area contributed by atoms with Crippen LogP contribution in [0.25, 0.3) is 11.0 Å². The molecule has 2 aromatic rings. The van der Waals surface area contributed by atoms with Crippen molar-refractivity contribution in [2.45, 2.75) is 32.0 Å².